The van der Waals surface area contributed by atoms with Gasteiger partial charge in [0.25, 0.3) is 11.8 Å². The quantitative estimate of drug-likeness (QED) is 0.723. The molecule has 0 fully saturated rings. The number of hydrogen-bond donors (Lipinski definition) is 2. The van der Waals surface area contributed by atoms with Crippen molar-refractivity contribution in [2.75, 3.05) is 11.9 Å². The number of primary amides is 1. The molecule has 0 atom stereocenters. The van der Waals surface area contributed by atoms with Crippen molar-refractivity contribution in [3.05, 3.63) is 39.0 Å². The summed E-state index contributed by atoms with van der Waals surface area (Å²) in [6, 6.07) is 1.99. The fourth-order valence-corrected chi connectivity index (χ4v) is 5.21. The third-order valence-electron chi connectivity index (χ3n) is 4.98. The first-order chi connectivity index (χ1) is 13.2. The molecule has 2 aromatic heterocycles. The van der Waals surface area contributed by atoms with Crippen LogP contribution in [-0.4, -0.2) is 29.0 Å². The van der Waals surface area contributed by atoms with Gasteiger partial charge in [-0.1, -0.05) is 0 Å². The Bertz CT molecular complexity index is 955. The van der Waals surface area contributed by atoms with Crippen LogP contribution in [0.3, 0.4) is 0 Å². The van der Waals surface area contributed by atoms with Gasteiger partial charge in [0.1, 0.15) is 5.00 Å². The number of carbonyl (C=O) groups excluding carboxylic acids is 3. The van der Waals surface area contributed by atoms with Crippen LogP contribution in [-0.2, 0) is 22.4 Å². The number of rotatable bonds is 6. The number of nitrogens with zero attached hydrogens (tertiary/aromatic N) is 1. The van der Waals surface area contributed by atoms with Crippen molar-refractivity contribution in [2.45, 2.75) is 53.0 Å². The molecule has 28 heavy (non-hydrogen) atoms. The Morgan fingerprint density at radius 3 is 2.61 bits per heavy atom. The van der Waals surface area contributed by atoms with E-state index in [1.165, 1.54) is 11.3 Å². The first-order valence-corrected chi connectivity index (χ1v) is 10.1. The van der Waals surface area contributed by atoms with E-state index in [-0.39, 0.29) is 6.04 Å². The van der Waals surface area contributed by atoms with Crippen molar-refractivity contribution in [3.8, 4) is 0 Å². The van der Waals surface area contributed by atoms with Gasteiger partial charge < -0.3 is 20.4 Å². The molecule has 3 N–H and O–H groups in total. The summed E-state index contributed by atoms with van der Waals surface area (Å²) in [5.41, 5.74) is 9.04. The van der Waals surface area contributed by atoms with Gasteiger partial charge in [0.05, 0.1) is 11.1 Å². The number of thiophene rings is 1. The fourth-order valence-electron chi connectivity index (χ4n) is 3.90. The van der Waals surface area contributed by atoms with E-state index in [2.05, 4.69) is 5.32 Å². The summed E-state index contributed by atoms with van der Waals surface area (Å²) < 4.78 is 7.24. The van der Waals surface area contributed by atoms with Crippen molar-refractivity contribution >= 4 is 34.1 Å². The summed E-state index contributed by atoms with van der Waals surface area (Å²) in [6.07, 6.45) is 2.67. The topological polar surface area (TPSA) is 103 Å². The summed E-state index contributed by atoms with van der Waals surface area (Å²) >= 11 is 1.37. The van der Waals surface area contributed by atoms with Gasteiger partial charge in [-0.2, -0.15) is 0 Å². The Morgan fingerprint density at radius 1 is 1.29 bits per heavy atom. The third-order valence-corrected chi connectivity index (χ3v) is 6.18. The standard InChI is InChI=1S/C20H25N3O4S/c1-10(2)23-11(3)8-14(12(23)4)20(26)27-9-16(24)22-19-17(18(21)25)13-6-5-7-15(13)28-19/h8,10H,5-7,9H2,1-4H3,(H2,21,25)(H,22,24). The van der Waals surface area contributed by atoms with Gasteiger partial charge in [0.2, 0.25) is 0 Å². The van der Waals surface area contributed by atoms with E-state index >= 15 is 0 Å². The van der Waals surface area contributed by atoms with Crippen LogP contribution >= 0.6 is 11.3 Å². The number of nitrogens with one attached hydrogen (secondary N) is 1. The average Bonchev–Trinajstić information content (AvgIpc) is 3.24. The SMILES string of the molecule is Cc1cc(C(=O)OCC(=O)Nc2sc3c(c2C(N)=O)CCC3)c(C)n1C(C)C. The average molecular weight is 404 g/mol. The maximum Gasteiger partial charge on any atom is 0.340 e. The molecule has 0 spiro atoms. The second-order valence-corrected chi connectivity index (χ2v) is 8.40. The van der Waals surface area contributed by atoms with Crippen molar-refractivity contribution < 1.29 is 19.1 Å². The van der Waals surface area contributed by atoms with Crippen LogP contribution in [0, 0.1) is 13.8 Å². The van der Waals surface area contributed by atoms with E-state index < -0.39 is 24.4 Å². The minimum Gasteiger partial charge on any atom is -0.452 e. The molecule has 0 bridgehead atoms. The van der Waals surface area contributed by atoms with Gasteiger partial charge in [-0.3, -0.25) is 9.59 Å². The lowest BCUT2D eigenvalue weighted by Gasteiger charge is -2.13. The zero-order chi connectivity index (χ0) is 20.6. The highest BCUT2D eigenvalue weighted by Gasteiger charge is 2.26. The van der Waals surface area contributed by atoms with E-state index in [1.807, 2.05) is 32.3 Å². The lowest BCUT2D eigenvalue weighted by Crippen LogP contribution is -2.23. The van der Waals surface area contributed by atoms with Crippen LogP contribution in [0.2, 0.25) is 0 Å². The number of anilines is 1. The van der Waals surface area contributed by atoms with Gasteiger partial charge in [-0.15, -0.1) is 11.3 Å². The van der Waals surface area contributed by atoms with Crippen LogP contribution in [0.4, 0.5) is 5.00 Å². The molecule has 0 unspecified atom stereocenters. The summed E-state index contributed by atoms with van der Waals surface area (Å²) in [5, 5.41) is 3.11. The number of nitrogens with two attached hydrogens (primary N) is 1. The molecule has 1 aliphatic rings. The van der Waals surface area contributed by atoms with Gasteiger partial charge >= 0.3 is 5.97 Å². The predicted octanol–water partition coefficient (Wildman–Crippen LogP) is 3.13. The molecule has 2 heterocycles. The number of aryl methyl sites for hydroxylation is 2. The number of amides is 2. The second kappa shape index (κ2) is 7.79. The zero-order valence-electron chi connectivity index (χ0n) is 16.5. The first-order valence-electron chi connectivity index (χ1n) is 9.30. The van der Waals surface area contributed by atoms with Gasteiger partial charge in [-0.25, -0.2) is 4.79 Å². The summed E-state index contributed by atoms with van der Waals surface area (Å²) in [4.78, 5) is 37.6. The second-order valence-electron chi connectivity index (χ2n) is 7.30. The molecular weight excluding hydrogens is 378 g/mol. The Labute approximate surface area is 167 Å². The van der Waals surface area contributed by atoms with Crippen LogP contribution in [0.25, 0.3) is 0 Å². The maximum absolute atomic E-state index is 12.4. The molecule has 7 nitrogen and oxygen atoms in total. The highest BCUT2D eigenvalue weighted by atomic mass is 32.1. The lowest BCUT2D eigenvalue weighted by atomic mass is 10.1. The van der Waals surface area contributed by atoms with E-state index in [0.717, 1.165) is 41.1 Å². The maximum atomic E-state index is 12.4. The third kappa shape index (κ3) is 3.69. The van der Waals surface area contributed by atoms with Gasteiger partial charge in [0.15, 0.2) is 6.61 Å². The number of hydrogen-bond acceptors (Lipinski definition) is 5. The number of carbonyl (C=O) groups is 3. The van der Waals surface area contributed by atoms with Crippen molar-refractivity contribution in [1.82, 2.24) is 4.57 Å². The van der Waals surface area contributed by atoms with Crippen LogP contribution in [0.5, 0.6) is 0 Å². The van der Waals surface area contributed by atoms with Crippen LogP contribution < -0.4 is 11.1 Å². The molecule has 150 valence electrons. The van der Waals surface area contributed by atoms with E-state index in [4.69, 9.17) is 10.5 Å². The van der Waals surface area contributed by atoms with Crippen molar-refractivity contribution in [2.24, 2.45) is 5.73 Å². The van der Waals surface area contributed by atoms with Crippen molar-refractivity contribution in [1.29, 1.82) is 0 Å². The number of fused-ring (bicyclic) bond motifs is 1. The van der Waals surface area contributed by atoms with Crippen LogP contribution in [0.1, 0.15) is 68.9 Å². The Kier molecular flexibility index (Phi) is 5.60. The molecule has 0 aromatic carbocycles. The predicted molar refractivity (Wildman–Crippen MR) is 108 cm³/mol. The fraction of sp³-hybridized carbons (Fsp3) is 0.450. The molecule has 1 aliphatic carbocycles. The highest BCUT2D eigenvalue weighted by molar-refractivity contribution is 7.17. The number of aromatic nitrogens is 1. The summed E-state index contributed by atoms with van der Waals surface area (Å²) in [7, 11) is 0. The molecule has 0 radical (unpaired) electrons. The van der Waals surface area contributed by atoms with Gasteiger partial charge in [-0.05, 0) is 58.6 Å². The normalized spacial score (nSPS) is 12.9. The zero-order valence-corrected chi connectivity index (χ0v) is 17.4. The van der Waals surface area contributed by atoms with E-state index in [1.54, 1.807) is 6.07 Å². The van der Waals surface area contributed by atoms with E-state index in [0.29, 0.717) is 16.1 Å². The van der Waals surface area contributed by atoms with Crippen LogP contribution in [0.15, 0.2) is 6.07 Å². The first kappa shape index (κ1) is 20.1. The molecule has 2 aromatic rings. The number of esters is 1. The summed E-state index contributed by atoms with van der Waals surface area (Å²) in [5.74, 6) is -1.58. The Morgan fingerprint density at radius 2 is 2.00 bits per heavy atom. The molecular formula is C20H25N3O4S. The molecule has 3 rings (SSSR count). The van der Waals surface area contributed by atoms with Crippen molar-refractivity contribution in [3.63, 3.8) is 0 Å². The molecule has 0 aliphatic heterocycles. The van der Waals surface area contributed by atoms with Gasteiger partial charge in [0, 0.05) is 22.3 Å². The minimum absolute atomic E-state index is 0.220. The summed E-state index contributed by atoms with van der Waals surface area (Å²) in [6.45, 7) is 7.44. The molecule has 0 saturated heterocycles. The smallest absolute Gasteiger partial charge is 0.340 e. The Hall–Kier alpha value is -2.61. The minimum atomic E-state index is -0.548. The molecule has 0 saturated carbocycles. The molecule has 2 amide bonds. The highest BCUT2D eigenvalue weighted by Crippen LogP contribution is 2.38. The molecule has 8 heteroatoms. The number of ether oxygens (including phenoxy) is 1. The Balaban J connectivity index is 1.67. The largest absolute Gasteiger partial charge is 0.452 e. The van der Waals surface area contributed by atoms with E-state index in [9.17, 15) is 14.4 Å². The monoisotopic (exact) mass is 403 g/mol. The lowest BCUT2D eigenvalue weighted by molar-refractivity contribution is -0.119.